The van der Waals surface area contributed by atoms with Crippen molar-refractivity contribution < 1.29 is 9.18 Å². The second-order valence-corrected chi connectivity index (χ2v) is 8.60. The average Bonchev–Trinajstić information content (AvgIpc) is 3.08. The van der Waals surface area contributed by atoms with Gasteiger partial charge in [-0.05, 0) is 35.4 Å². The summed E-state index contributed by atoms with van der Waals surface area (Å²) in [5.74, 6) is 0.469. The number of carbonyl (C=O) groups excluding carboxylic acids is 1. The quantitative estimate of drug-likeness (QED) is 0.503. The number of amides is 1. The fraction of sp³-hybridized carbons (Fsp3) is 0.158. The summed E-state index contributed by atoms with van der Waals surface area (Å²) < 4.78 is 14.9. The van der Waals surface area contributed by atoms with Crippen molar-refractivity contribution >= 4 is 44.9 Å². The van der Waals surface area contributed by atoms with Crippen molar-refractivity contribution in [2.24, 2.45) is 0 Å². The molecule has 1 N–H and O–H groups in total. The molecule has 1 heterocycles. The fourth-order valence-corrected chi connectivity index (χ4v) is 4.26. The Labute approximate surface area is 168 Å². The first-order chi connectivity index (χ1) is 12.6. The van der Waals surface area contributed by atoms with Gasteiger partial charge in [0.1, 0.15) is 10.2 Å². The molecule has 0 bridgehead atoms. The molecule has 7 heteroatoms. The van der Waals surface area contributed by atoms with Gasteiger partial charge in [-0.1, -0.05) is 52.0 Å². The van der Waals surface area contributed by atoms with E-state index in [0.29, 0.717) is 6.54 Å². The van der Waals surface area contributed by atoms with Gasteiger partial charge in [0.15, 0.2) is 0 Å². The van der Waals surface area contributed by atoms with E-state index < -0.39 is 0 Å². The SMILES string of the molecule is O=C(Cc1csc(SCc2ccc(Br)cc2)n1)NCc1ccc(F)cc1. The highest BCUT2D eigenvalue weighted by Gasteiger charge is 2.08. The number of nitrogens with one attached hydrogen (secondary N) is 1. The van der Waals surface area contributed by atoms with E-state index in [-0.39, 0.29) is 18.1 Å². The first-order valence-electron chi connectivity index (χ1n) is 7.91. The molecule has 1 amide bonds. The van der Waals surface area contributed by atoms with Gasteiger partial charge in [-0.2, -0.15) is 0 Å². The number of benzene rings is 2. The van der Waals surface area contributed by atoms with E-state index in [1.807, 2.05) is 17.5 Å². The molecule has 0 unspecified atom stereocenters. The van der Waals surface area contributed by atoms with Gasteiger partial charge in [0.05, 0.1) is 12.1 Å². The topological polar surface area (TPSA) is 42.0 Å². The molecule has 3 rings (SSSR count). The number of aromatic nitrogens is 1. The number of halogens is 2. The minimum absolute atomic E-state index is 0.0934. The van der Waals surface area contributed by atoms with Crippen molar-refractivity contribution in [3.05, 3.63) is 81.0 Å². The van der Waals surface area contributed by atoms with E-state index in [0.717, 1.165) is 25.8 Å². The van der Waals surface area contributed by atoms with Crippen LogP contribution in [-0.4, -0.2) is 10.9 Å². The lowest BCUT2D eigenvalue weighted by molar-refractivity contribution is -0.120. The van der Waals surface area contributed by atoms with E-state index >= 15 is 0 Å². The molecular formula is C19H16BrFN2OS2. The largest absolute Gasteiger partial charge is 0.352 e. The van der Waals surface area contributed by atoms with Crippen LogP contribution >= 0.6 is 39.0 Å². The van der Waals surface area contributed by atoms with Crippen LogP contribution < -0.4 is 5.32 Å². The molecule has 0 saturated carbocycles. The molecule has 2 aromatic carbocycles. The van der Waals surface area contributed by atoms with E-state index in [1.54, 1.807) is 35.2 Å². The summed E-state index contributed by atoms with van der Waals surface area (Å²) in [4.78, 5) is 16.6. The molecule has 26 heavy (non-hydrogen) atoms. The normalized spacial score (nSPS) is 10.7. The number of thioether (sulfide) groups is 1. The molecule has 0 radical (unpaired) electrons. The van der Waals surface area contributed by atoms with Gasteiger partial charge in [-0.15, -0.1) is 11.3 Å². The number of hydrogen-bond acceptors (Lipinski definition) is 4. The van der Waals surface area contributed by atoms with Gasteiger partial charge in [-0.25, -0.2) is 9.37 Å². The van der Waals surface area contributed by atoms with Gasteiger partial charge >= 0.3 is 0 Å². The molecule has 3 nitrogen and oxygen atoms in total. The lowest BCUT2D eigenvalue weighted by Crippen LogP contribution is -2.24. The maximum absolute atomic E-state index is 12.9. The maximum Gasteiger partial charge on any atom is 0.226 e. The molecular weight excluding hydrogens is 435 g/mol. The third-order valence-electron chi connectivity index (χ3n) is 3.55. The van der Waals surface area contributed by atoms with Crippen molar-refractivity contribution in [3.8, 4) is 0 Å². The molecule has 0 aliphatic rings. The van der Waals surface area contributed by atoms with Crippen LogP contribution in [0.2, 0.25) is 0 Å². The summed E-state index contributed by atoms with van der Waals surface area (Å²) in [5.41, 5.74) is 2.86. The molecule has 0 aliphatic heterocycles. The Morgan fingerprint density at radius 3 is 2.54 bits per heavy atom. The van der Waals surface area contributed by atoms with E-state index in [9.17, 15) is 9.18 Å². The molecule has 134 valence electrons. The predicted molar refractivity (Wildman–Crippen MR) is 108 cm³/mol. The lowest BCUT2D eigenvalue weighted by Gasteiger charge is -2.04. The van der Waals surface area contributed by atoms with Crippen LogP contribution in [0.5, 0.6) is 0 Å². The Hall–Kier alpha value is -1.70. The average molecular weight is 451 g/mol. The Kier molecular flexibility index (Phi) is 6.82. The van der Waals surface area contributed by atoms with Crippen molar-refractivity contribution in [3.63, 3.8) is 0 Å². The second-order valence-electron chi connectivity index (χ2n) is 5.60. The zero-order chi connectivity index (χ0) is 18.4. The van der Waals surface area contributed by atoms with Gasteiger partial charge in [-0.3, -0.25) is 4.79 Å². The molecule has 0 atom stereocenters. The summed E-state index contributed by atoms with van der Waals surface area (Å²) in [6, 6.07) is 14.3. The highest BCUT2D eigenvalue weighted by Crippen LogP contribution is 2.26. The van der Waals surface area contributed by atoms with E-state index in [4.69, 9.17) is 0 Å². The smallest absolute Gasteiger partial charge is 0.226 e. The Morgan fingerprint density at radius 1 is 1.12 bits per heavy atom. The third kappa shape index (κ3) is 5.93. The number of carbonyl (C=O) groups is 1. The monoisotopic (exact) mass is 450 g/mol. The van der Waals surface area contributed by atoms with E-state index in [1.165, 1.54) is 17.7 Å². The molecule has 0 fully saturated rings. The van der Waals surface area contributed by atoms with Gasteiger partial charge in [0, 0.05) is 22.2 Å². The third-order valence-corrected chi connectivity index (χ3v) is 6.22. The summed E-state index contributed by atoms with van der Waals surface area (Å²) in [7, 11) is 0. The van der Waals surface area contributed by atoms with Crippen LogP contribution in [0.3, 0.4) is 0 Å². The summed E-state index contributed by atoms with van der Waals surface area (Å²) in [5, 5.41) is 4.75. The highest BCUT2D eigenvalue weighted by atomic mass is 79.9. The first kappa shape index (κ1) is 19.1. The summed E-state index contributed by atoms with van der Waals surface area (Å²) >= 11 is 6.64. The second kappa shape index (κ2) is 9.30. The standard InChI is InChI=1S/C19H16BrFN2OS2/c20-15-5-1-14(2-6-15)11-25-19-23-17(12-26-19)9-18(24)22-10-13-3-7-16(21)8-4-13/h1-8,12H,9-11H2,(H,22,24). The highest BCUT2D eigenvalue weighted by molar-refractivity contribution is 9.10. The van der Waals surface area contributed by atoms with Crippen molar-refractivity contribution in [2.45, 2.75) is 23.1 Å². The van der Waals surface area contributed by atoms with Gasteiger partial charge < -0.3 is 5.32 Å². The minimum atomic E-state index is -0.282. The van der Waals surface area contributed by atoms with Crippen molar-refractivity contribution in [1.29, 1.82) is 0 Å². The van der Waals surface area contributed by atoms with Crippen LogP contribution in [0.15, 0.2) is 62.7 Å². The molecule has 0 spiro atoms. The van der Waals surface area contributed by atoms with Crippen LogP contribution in [0, 0.1) is 5.82 Å². The molecule has 3 aromatic rings. The zero-order valence-corrected chi connectivity index (χ0v) is 17.0. The van der Waals surface area contributed by atoms with Crippen LogP contribution in [0.1, 0.15) is 16.8 Å². The van der Waals surface area contributed by atoms with Crippen LogP contribution in [0.4, 0.5) is 4.39 Å². The van der Waals surface area contributed by atoms with E-state index in [2.05, 4.69) is 38.4 Å². The number of thiazole rings is 1. The fourth-order valence-electron chi connectivity index (χ4n) is 2.19. The lowest BCUT2D eigenvalue weighted by atomic mass is 10.2. The Balaban J connectivity index is 1.45. The first-order valence-corrected chi connectivity index (χ1v) is 10.6. The summed E-state index contributed by atoms with van der Waals surface area (Å²) in [6.07, 6.45) is 0.247. The predicted octanol–water partition coefficient (Wildman–Crippen LogP) is 5.20. The Bertz CT molecular complexity index is 866. The number of rotatable bonds is 7. The zero-order valence-electron chi connectivity index (χ0n) is 13.7. The van der Waals surface area contributed by atoms with Crippen LogP contribution in [0.25, 0.3) is 0 Å². The van der Waals surface area contributed by atoms with Gasteiger partial charge in [0.25, 0.3) is 0 Å². The number of nitrogens with zero attached hydrogens (tertiary/aromatic N) is 1. The van der Waals surface area contributed by atoms with Crippen molar-refractivity contribution in [2.75, 3.05) is 0 Å². The summed E-state index contributed by atoms with van der Waals surface area (Å²) in [6.45, 7) is 0.383. The molecule has 0 aliphatic carbocycles. The Morgan fingerprint density at radius 2 is 1.81 bits per heavy atom. The van der Waals surface area contributed by atoms with Crippen LogP contribution in [-0.2, 0) is 23.5 Å². The minimum Gasteiger partial charge on any atom is -0.352 e. The van der Waals surface area contributed by atoms with Crippen molar-refractivity contribution in [1.82, 2.24) is 10.3 Å². The molecule has 0 saturated heterocycles. The maximum atomic E-state index is 12.9. The van der Waals surface area contributed by atoms with Gasteiger partial charge in [0.2, 0.25) is 5.91 Å². The number of hydrogen-bond donors (Lipinski definition) is 1. The molecule has 1 aromatic heterocycles.